The van der Waals surface area contributed by atoms with Crippen molar-refractivity contribution in [2.24, 2.45) is 0 Å². The minimum atomic E-state index is -0.406. The van der Waals surface area contributed by atoms with E-state index in [1.807, 2.05) is 54.6 Å². The molecule has 24 heavy (non-hydrogen) atoms. The van der Waals surface area contributed by atoms with Gasteiger partial charge >= 0.3 is 5.97 Å². The van der Waals surface area contributed by atoms with E-state index < -0.39 is 5.97 Å². The summed E-state index contributed by atoms with van der Waals surface area (Å²) in [5.74, 6) is -0.527. The quantitative estimate of drug-likeness (QED) is 0.577. The summed E-state index contributed by atoms with van der Waals surface area (Å²) >= 11 is 7.19. The van der Waals surface area contributed by atoms with E-state index >= 15 is 0 Å². The minimum Gasteiger partial charge on any atom is -0.455 e. The number of hydrogen-bond donors (Lipinski definition) is 1. The van der Waals surface area contributed by atoms with E-state index in [-0.39, 0.29) is 18.3 Å². The van der Waals surface area contributed by atoms with Crippen molar-refractivity contribution in [2.45, 2.75) is 11.3 Å². The molecule has 0 bridgehead atoms. The average Bonchev–Trinajstić information content (AvgIpc) is 2.61. The van der Waals surface area contributed by atoms with Crippen molar-refractivity contribution in [2.75, 3.05) is 18.9 Å². The Labute approximate surface area is 150 Å². The van der Waals surface area contributed by atoms with Crippen molar-refractivity contribution >= 4 is 35.2 Å². The highest BCUT2D eigenvalue weighted by Gasteiger charge is 2.08. The monoisotopic (exact) mass is 363 g/mol. The van der Waals surface area contributed by atoms with Crippen molar-refractivity contribution in [3.8, 4) is 0 Å². The Hall–Kier alpha value is -1.98. The van der Waals surface area contributed by atoms with Crippen molar-refractivity contribution < 1.29 is 14.3 Å². The van der Waals surface area contributed by atoms with Crippen LogP contribution in [0.4, 0.5) is 0 Å². The highest BCUT2D eigenvalue weighted by atomic mass is 35.5. The molecule has 0 atom stereocenters. The van der Waals surface area contributed by atoms with Crippen LogP contribution in [0.2, 0.25) is 5.02 Å². The summed E-state index contributed by atoms with van der Waals surface area (Å²) in [4.78, 5) is 24.3. The first-order valence-electron chi connectivity index (χ1n) is 7.48. The summed E-state index contributed by atoms with van der Waals surface area (Å²) in [6, 6.07) is 17.0. The normalized spacial score (nSPS) is 10.2. The zero-order valence-corrected chi connectivity index (χ0v) is 14.6. The van der Waals surface area contributed by atoms with Crippen molar-refractivity contribution in [1.29, 1.82) is 0 Å². The summed E-state index contributed by atoms with van der Waals surface area (Å²) in [7, 11) is 0. The first kappa shape index (κ1) is 18.4. The second-order valence-electron chi connectivity index (χ2n) is 4.99. The number of carbonyl (C=O) groups is 2. The minimum absolute atomic E-state index is 0.183. The molecule has 0 radical (unpaired) electrons. The van der Waals surface area contributed by atoms with Gasteiger partial charge in [0.05, 0.1) is 5.75 Å². The molecule has 0 unspecified atom stereocenters. The van der Waals surface area contributed by atoms with E-state index in [1.165, 1.54) is 11.8 Å². The fourth-order valence-electron chi connectivity index (χ4n) is 1.90. The predicted molar refractivity (Wildman–Crippen MR) is 96.3 cm³/mol. The number of halogens is 1. The van der Waals surface area contributed by atoms with E-state index in [9.17, 15) is 9.59 Å². The van der Waals surface area contributed by atoms with Gasteiger partial charge in [-0.1, -0.05) is 41.9 Å². The molecule has 0 aliphatic heterocycles. The van der Waals surface area contributed by atoms with Crippen molar-refractivity contribution in [3.63, 3.8) is 0 Å². The van der Waals surface area contributed by atoms with Gasteiger partial charge in [-0.05, 0) is 36.2 Å². The summed E-state index contributed by atoms with van der Waals surface area (Å²) in [5.41, 5.74) is 1.08. The fraction of sp³-hybridized carbons (Fsp3) is 0.222. The van der Waals surface area contributed by atoms with Crippen molar-refractivity contribution in [3.05, 3.63) is 65.2 Å². The van der Waals surface area contributed by atoms with Crippen LogP contribution in [-0.2, 0) is 20.7 Å². The lowest BCUT2D eigenvalue weighted by atomic mass is 10.1. The molecule has 126 valence electrons. The van der Waals surface area contributed by atoms with Gasteiger partial charge in [-0.2, -0.15) is 0 Å². The third-order valence-electron chi connectivity index (χ3n) is 3.11. The van der Waals surface area contributed by atoms with Gasteiger partial charge in [0.2, 0.25) is 0 Å². The Morgan fingerprint density at radius 2 is 1.75 bits per heavy atom. The zero-order chi connectivity index (χ0) is 17.2. The average molecular weight is 364 g/mol. The van der Waals surface area contributed by atoms with Gasteiger partial charge in [0, 0.05) is 16.5 Å². The number of thioether (sulfide) groups is 1. The lowest BCUT2D eigenvalue weighted by Crippen LogP contribution is -2.30. The van der Waals surface area contributed by atoms with Gasteiger partial charge in [0.25, 0.3) is 5.91 Å². The number of ether oxygens (including phenoxy) is 1. The molecule has 2 aromatic rings. The third-order valence-corrected chi connectivity index (χ3v) is 4.35. The van der Waals surface area contributed by atoms with Gasteiger partial charge in [0.1, 0.15) is 0 Å². The molecule has 0 aliphatic rings. The van der Waals surface area contributed by atoms with Gasteiger partial charge < -0.3 is 10.1 Å². The molecule has 2 rings (SSSR count). The molecule has 0 fully saturated rings. The number of benzene rings is 2. The highest BCUT2D eigenvalue weighted by Crippen LogP contribution is 2.16. The molecule has 0 aromatic heterocycles. The Morgan fingerprint density at radius 3 is 2.46 bits per heavy atom. The summed E-state index contributed by atoms with van der Waals surface area (Å²) in [6.45, 7) is 0.228. The molecule has 6 heteroatoms. The van der Waals surface area contributed by atoms with E-state index in [4.69, 9.17) is 16.3 Å². The highest BCUT2D eigenvalue weighted by molar-refractivity contribution is 8.00. The maximum Gasteiger partial charge on any atom is 0.316 e. The number of nitrogens with one attached hydrogen (secondary N) is 1. The molecular formula is C18H18ClNO3S. The van der Waals surface area contributed by atoms with Crippen LogP contribution < -0.4 is 5.32 Å². The lowest BCUT2D eigenvalue weighted by molar-refractivity contribution is -0.145. The van der Waals surface area contributed by atoms with Crippen LogP contribution in [0, 0.1) is 0 Å². The third kappa shape index (κ3) is 7.06. The Morgan fingerprint density at radius 1 is 1.04 bits per heavy atom. The van der Waals surface area contributed by atoms with Crippen LogP contribution >= 0.6 is 23.4 Å². The summed E-state index contributed by atoms with van der Waals surface area (Å²) in [6.07, 6.45) is 0.695. The van der Waals surface area contributed by atoms with Crippen LogP contribution in [0.5, 0.6) is 0 Å². The molecule has 1 N–H and O–H groups in total. The van der Waals surface area contributed by atoms with Gasteiger partial charge in [-0.15, -0.1) is 11.8 Å². The second kappa shape index (κ2) is 10.0. The standard InChI is InChI=1S/C18H18ClNO3S/c19-15-8-6-14(7-9-15)10-11-20-17(21)12-23-18(22)13-24-16-4-2-1-3-5-16/h1-9H,10-13H2,(H,20,21). The van der Waals surface area contributed by atoms with Crippen LogP contribution in [0.3, 0.4) is 0 Å². The number of rotatable bonds is 8. The molecular weight excluding hydrogens is 346 g/mol. The summed E-state index contributed by atoms with van der Waals surface area (Å²) in [5, 5.41) is 3.40. The van der Waals surface area contributed by atoms with Gasteiger partial charge in [0.15, 0.2) is 6.61 Å². The van der Waals surface area contributed by atoms with E-state index in [2.05, 4.69) is 5.32 Å². The maximum atomic E-state index is 11.6. The lowest BCUT2D eigenvalue weighted by Gasteiger charge is -2.07. The number of hydrogen-bond acceptors (Lipinski definition) is 4. The molecule has 0 heterocycles. The van der Waals surface area contributed by atoms with Gasteiger partial charge in [-0.3, -0.25) is 9.59 Å². The van der Waals surface area contributed by atoms with Gasteiger partial charge in [-0.25, -0.2) is 0 Å². The topological polar surface area (TPSA) is 55.4 Å². The van der Waals surface area contributed by atoms with E-state index in [0.717, 1.165) is 10.5 Å². The Bertz CT molecular complexity index is 662. The predicted octanol–water partition coefficient (Wildman–Crippen LogP) is 3.33. The molecule has 0 saturated carbocycles. The van der Waals surface area contributed by atoms with Crippen LogP contribution in [0.15, 0.2) is 59.5 Å². The SMILES string of the molecule is O=C(COC(=O)CSc1ccccc1)NCCc1ccc(Cl)cc1. The number of amides is 1. The smallest absolute Gasteiger partial charge is 0.316 e. The molecule has 4 nitrogen and oxygen atoms in total. The summed E-state index contributed by atoms with van der Waals surface area (Å²) < 4.78 is 4.95. The number of carbonyl (C=O) groups excluding carboxylic acids is 2. The van der Waals surface area contributed by atoms with Crippen LogP contribution in [0.1, 0.15) is 5.56 Å². The van der Waals surface area contributed by atoms with E-state index in [1.54, 1.807) is 0 Å². The molecule has 0 spiro atoms. The molecule has 1 amide bonds. The first-order valence-corrected chi connectivity index (χ1v) is 8.84. The van der Waals surface area contributed by atoms with Crippen LogP contribution in [-0.4, -0.2) is 30.8 Å². The fourth-order valence-corrected chi connectivity index (χ4v) is 2.74. The van der Waals surface area contributed by atoms with Crippen molar-refractivity contribution in [1.82, 2.24) is 5.32 Å². The molecule has 0 aliphatic carbocycles. The maximum absolute atomic E-state index is 11.6. The first-order chi connectivity index (χ1) is 11.6. The largest absolute Gasteiger partial charge is 0.455 e. The molecule has 2 aromatic carbocycles. The van der Waals surface area contributed by atoms with E-state index in [0.29, 0.717) is 18.0 Å². The van der Waals surface area contributed by atoms with Crippen LogP contribution in [0.25, 0.3) is 0 Å². The second-order valence-corrected chi connectivity index (χ2v) is 6.47. The Balaban J connectivity index is 1.58. The zero-order valence-electron chi connectivity index (χ0n) is 13.0. The Kier molecular flexibility index (Phi) is 7.65. The molecule has 0 saturated heterocycles. The number of esters is 1.